The number of hydrogen-bond donors (Lipinski definition) is 3. The first-order chi connectivity index (χ1) is 18.3. The van der Waals surface area contributed by atoms with Gasteiger partial charge in [0, 0.05) is 37.3 Å². The SMILES string of the molecule is CC(C)NC(=O)Nc1ccc2c(c1)C(=O)N([C@@H](C)CO)C[C@@H](C)[C@@H](CN(C)Cc1ccc(C(F)(F)F)cc1)O2. The molecular formula is C28H37F3N4O4. The summed E-state index contributed by atoms with van der Waals surface area (Å²) in [5.74, 6) is -0.0897. The predicted molar refractivity (Wildman–Crippen MR) is 143 cm³/mol. The molecule has 0 aromatic heterocycles. The van der Waals surface area contributed by atoms with E-state index in [0.717, 1.165) is 17.7 Å². The maximum absolute atomic E-state index is 13.5. The van der Waals surface area contributed by atoms with Gasteiger partial charge in [-0.15, -0.1) is 0 Å². The third kappa shape index (κ3) is 8.09. The minimum absolute atomic E-state index is 0.0676. The van der Waals surface area contributed by atoms with E-state index < -0.39 is 23.8 Å². The fourth-order valence-corrected chi connectivity index (χ4v) is 4.43. The Morgan fingerprint density at radius 1 is 1.18 bits per heavy atom. The van der Waals surface area contributed by atoms with Crippen LogP contribution in [0.1, 0.15) is 49.2 Å². The van der Waals surface area contributed by atoms with Crippen LogP contribution < -0.4 is 15.4 Å². The van der Waals surface area contributed by atoms with Crippen LogP contribution >= 0.6 is 0 Å². The van der Waals surface area contributed by atoms with Gasteiger partial charge in [-0.05, 0) is 63.7 Å². The summed E-state index contributed by atoms with van der Waals surface area (Å²) >= 11 is 0. The first-order valence-corrected chi connectivity index (χ1v) is 12.9. The smallest absolute Gasteiger partial charge is 0.416 e. The molecule has 11 heteroatoms. The molecule has 3 rings (SSSR count). The number of fused-ring (bicyclic) bond motifs is 1. The summed E-state index contributed by atoms with van der Waals surface area (Å²) in [7, 11) is 1.85. The molecule has 0 saturated carbocycles. The van der Waals surface area contributed by atoms with Crippen LogP contribution in [0.3, 0.4) is 0 Å². The zero-order valence-corrected chi connectivity index (χ0v) is 22.9. The van der Waals surface area contributed by atoms with E-state index in [0.29, 0.717) is 31.1 Å². The summed E-state index contributed by atoms with van der Waals surface area (Å²) < 4.78 is 45.1. The summed E-state index contributed by atoms with van der Waals surface area (Å²) in [4.78, 5) is 29.3. The number of rotatable bonds is 8. The van der Waals surface area contributed by atoms with Crippen molar-refractivity contribution in [3.8, 4) is 5.75 Å². The first-order valence-electron chi connectivity index (χ1n) is 12.9. The zero-order valence-electron chi connectivity index (χ0n) is 22.9. The number of halogens is 3. The lowest BCUT2D eigenvalue weighted by Crippen LogP contribution is -2.49. The van der Waals surface area contributed by atoms with E-state index in [1.807, 2.05) is 32.7 Å². The third-order valence-corrected chi connectivity index (χ3v) is 6.57. The highest BCUT2D eigenvalue weighted by Crippen LogP contribution is 2.31. The Bertz CT molecular complexity index is 1140. The fourth-order valence-electron chi connectivity index (χ4n) is 4.43. The van der Waals surface area contributed by atoms with Crippen LogP contribution in [0, 0.1) is 5.92 Å². The number of aliphatic hydroxyl groups is 1. The van der Waals surface area contributed by atoms with E-state index in [4.69, 9.17) is 4.74 Å². The number of ether oxygens (including phenoxy) is 1. The van der Waals surface area contributed by atoms with Gasteiger partial charge in [-0.2, -0.15) is 13.2 Å². The van der Waals surface area contributed by atoms with E-state index in [2.05, 4.69) is 10.6 Å². The van der Waals surface area contributed by atoms with Crippen LogP contribution in [0.25, 0.3) is 0 Å². The first kappa shape index (κ1) is 30.2. The van der Waals surface area contributed by atoms with Gasteiger partial charge in [0.2, 0.25) is 0 Å². The van der Waals surface area contributed by atoms with Crippen molar-refractivity contribution >= 4 is 17.6 Å². The van der Waals surface area contributed by atoms with Gasteiger partial charge < -0.3 is 25.4 Å². The molecule has 0 aliphatic carbocycles. The molecule has 0 saturated heterocycles. The van der Waals surface area contributed by atoms with Crippen molar-refractivity contribution in [3.05, 3.63) is 59.2 Å². The number of hydrogen-bond acceptors (Lipinski definition) is 5. The topological polar surface area (TPSA) is 94.1 Å². The third-order valence-electron chi connectivity index (χ3n) is 6.57. The second-order valence-electron chi connectivity index (χ2n) is 10.5. The quantitative estimate of drug-likeness (QED) is 0.447. The highest BCUT2D eigenvalue weighted by atomic mass is 19.4. The van der Waals surface area contributed by atoms with Crippen LogP contribution in [-0.4, -0.2) is 71.8 Å². The minimum Gasteiger partial charge on any atom is -0.488 e. The normalized spacial score (nSPS) is 18.7. The number of nitrogens with zero attached hydrogens (tertiary/aromatic N) is 2. The van der Waals surface area contributed by atoms with Gasteiger partial charge in [0.15, 0.2) is 0 Å². The molecule has 2 aromatic rings. The molecule has 2 aromatic carbocycles. The number of nitrogens with one attached hydrogen (secondary N) is 2. The lowest BCUT2D eigenvalue weighted by atomic mass is 9.99. The van der Waals surface area contributed by atoms with E-state index in [-0.39, 0.29) is 36.1 Å². The van der Waals surface area contributed by atoms with Crippen LogP contribution in [0.5, 0.6) is 5.75 Å². The number of aliphatic hydroxyl groups excluding tert-OH is 1. The highest BCUT2D eigenvalue weighted by molar-refractivity contribution is 5.99. The lowest BCUT2D eigenvalue weighted by Gasteiger charge is -2.38. The van der Waals surface area contributed by atoms with Crippen molar-refractivity contribution in [2.24, 2.45) is 5.92 Å². The molecule has 214 valence electrons. The van der Waals surface area contributed by atoms with Crippen molar-refractivity contribution in [1.82, 2.24) is 15.1 Å². The van der Waals surface area contributed by atoms with Gasteiger partial charge in [0.1, 0.15) is 11.9 Å². The number of carbonyl (C=O) groups is 2. The molecule has 3 N–H and O–H groups in total. The number of benzene rings is 2. The minimum atomic E-state index is -4.39. The number of likely N-dealkylation sites (N-methyl/N-ethyl adjacent to an activating group) is 1. The molecule has 3 amide bonds. The largest absolute Gasteiger partial charge is 0.488 e. The zero-order chi connectivity index (χ0) is 28.9. The highest BCUT2D eigenvalue weighted by Gasteiger charge is 2.34. The van der Waals surface area contributed by atoms with E-state index in [1.54, 1.807) is 30.0 Å². The monoisotopic (exact) mass is 550 g/mol. The molecule has 0 radical (unpaired) electrons. The Morgan fingerprint density at radius 2 is 1.85 bits per heavy atom. The van der Waals surface area contributed by atoms with Gasteiger partial charge in [-0.25, -0.2) is 4.79 Å². The average Bonchev–Trinajstić information content (AvgIpc) is 2.85. The number of alkyl halides is 3. The van der Waals surface area contributed by atoms with Crippen molar-refractivity contribution in [3.63, 3.8) is 0 Å². The Kier molecular flexibility index (Phi) is 9.84. The Labute approximate surface area is 227 Å². The molecule has 0 spiro atoms. The summed E-state index contributed by atoms with van der Waals surface area (Å²) in [5.41, 5.74) is 0.719. The molecule has 0 fully saturated rings. The molecule has 8 nitrogen and oxygen atoms in total. The summed E-state index contributed by atoms with van der Waals surface area (Å²) in [6.45, 7) is 8.33. The second kappa shape index (κ2) is 12.7. The molecule has 1 aliphatic rings. The lowest BCUT2D eigenvalue weighted by molar-refractivity contribution is -0.137. The molecule has 3 atom stereocenters. The second-order valence-corrected chi connectivity index (χ2v) is 10.5. The van der Waals surface area contributed by atoms with E-state index >= 15 is 0 Å². The Hall–Kier alpha value is -3.31. The van der Waals surface area contributed by atoms with Crippen molar-refractivity contribution in [1.29, 1.82) is 0 Å². The fraction of sp³-hybridized carbons (Fsp3) is 0.500. The number of anilines is 1. The molecule has 0 bridgehead atoms. The molecule has 1 heterocycles. The van der Waals surface area contributed by atoms with E-state index in [9.17, 15) is 27.9 Å². The molecule has 1 aliphatic heterocycles. The molecule has 39 heavy (non-hydrogen) atoms. The van der Waals surface area contributed by atoms with Gasteiger partial charge in [0.05, 0.1) is 23.8 Å². The maximum Gasteiger partial charge on any atom is 0.416 e. The predicted octanol–water partition coefficient (Wildman–Crippen LogP) is 4.59. The molecular weight excluding hydrogens is 513 g/mol. The van der Waals surface area contributed by atoms with Crippen LogP contribution in [0.4, 0.5) is 23.7 Å². The Balaban J connectivity index is 1.83. The number of amides is 3. The summed E-state index contributed by atoms with van der Waals surface area (Å²) in [6.07, 6.45) is -4.75. The van der Waals surface area contributed by atoms with E-state index in [1.165, 1.54) is 12.1 Å². The maximum atomic E-state index is 13.5. The van der Waals surface area contributed by atoms with Gasteiger partial charge in [0.25, 0.3) is 5.91 Å². The number of urea groups is 1. The van der Waals surface area contributed by atoms with Gasteiger partial charge in [-0.3, -0.25) is 9.69 Å². The molecule has 0 unspecified atom stereocenters. The van der Waals surface area contributed by atoms with Gasteiger partial charge >= 0.3 is 12.2 Å². The van der Waals surface area contributed by atoms with Crippen LogP contribution in [-0.2, 0) is 12.7 Å². The van der Waals surface area contributed by atoms with Crippen molar-refractivity contribution in [2.45, 2.75) is 58.6 Å². The standard InChI is InChI=1S/C28H37F3N4O4/c1-17(2)32-27(38)33-22-10-11-24-23(12-22)26(37)35(19(4)16-36)13-18(3)25(39-24)15-34(5)14-20-6-8-21(9-7-20)28(29,30)31/h6-12,17-19,25,36H,13-16H2,1-5H3,(H2,32,33,38)/t18-,19+,25-/m1/s1. The summed E-state index contributed by atoms with van der Waals surface area (Å²) in [5, 5.41) is 15.3. The van der Waals surface area contributed by atoms with Crippen molar-refractivity contribution in [2.75, 3.05) is 32.1 Å². The van der Waals surface area contributed by atoms with Crippen LogP contribution in [0.15, 0.2) is 42.5 Å². The number of carbonyl (C=O) groups excluding carboxylic acids is 2. The van der Waals surface area contributed by atoms with Gasteiger partial charge in [-0.1, -0.05) is 19.1 Å². The average molecular weight is 551 g/mol. The Morgan fingerprint density at radius 3 is 2.44 bits per heavy atom. The van der Waals surface area contributed by atoms with Crippen molar-refractivity contribution < 1.29 is 32.6 Å². The van der Waals surface area contributed by atoms with Crippen LogP contribution in [0.2, 0.25) is 0 Å². The summed E-state index contributed by atoms with van der Waals surface area (Å²) in [6, 6.07) is 9.01.